The lowest BCUT2D eigenvalue weighted by Crippen LogP contribution is -2.27. The number of hydrogen-bond donors (Lipinski definition) is 1. The first kappa shape index (κ1) is 15.4. The first-order chi connectivity index (χ1) is 11.2. The van der Waals surface area contributed by atoms with Gasteiger partial charge < -0.3 is 5.32 Å². The van der Waals surface area contributed by atoms with Crippen molar-refractivity contribution in [3.05, 3.63) is 71.0 Å². The number of rotatable bonds is 5. The SMILES string of the molecule is O=C(NCCn1ccc(-c2ccccn2)n1)c1ccc(Br)cc1. The Labute approximate surface area is 142 Å². The number of carbonyl (C=O) groups is 1. The lowest BCUT2D eigenvalue weighted by Gasteiger charge is -2.05. The number of hydrogen-bond acceptors (Lipinski definition) is 3. The third-order valence-electron chi connectivity index (χ3n) is 3.30. The van der Waals surface area contributed by atoms with Gasteiger partial charge in [-0.1, -0.05) is 22.0 Å². The molecule has 5 nitrogen and oxygen atoms in total. The standard InChI is InChI=1S/C17H15BrN4O/c18-14-6-4-13(5-7-14)17(23)20-10-12-22-11-8-16(21-22)15-3-1-2-9-19-15/h1-9,11H,10,12H2,(H,20,23). The monoisotopic (exact) mass is 370 g/mol. The van der Waals surface area contributed by atoms with Crippen LogP contribution < -0.4 is 5.32 Å². The summed E-state index contributed by atoms with van der Waals surface area (Å²) in [5.74, 6) is -0.0883. The van der Waals surface area contributed by atoms with Crippen LogP contribution in [-0.2, 0) is 6.54 Å². The van der Waals surface area contributed by atoms with Gasteiger partial charge in [0, 0.05) is 29.0 Å². The van der Waals surface area contributed by atoms with E-state index in [2.05, 4.69) is 31.3 Å². The Balaban J connectivity index is 1.54. The van der Waals surface area contributed by atoms with Crippen molar-refractivity contribution >= 4 is 21.8 Å². The molecule has 0 fully saturated rings. The van der Waals surface area contributed by atoms with Crippen molar-refractivity contribution in [1.29, 1.82) is 0 Å². The zero-order valence-corrected chi connectivity index (χ0v) is 13.9. The van der Waals surface area contributed by atoms with E-state index in [1.54, 1.807) is 23.0 Å². The third-order valence-corrected chi connectivity index (χ3v) is 3.83. The molecule has 0 atom stereocenters. The maximum absolute atomic E-state index is 12.0. The molecule has 0 spiro atoms. The minimum atomic E-state index is -0.0883. The zero-order valence-electron chi connectivity index (χ0n) is 12.3. The molecule has 3 aromatic rings. The minimum absolute atomic E-state index is 0.0883. The summed E-state index contributed by atoms with van der Waals surface area (Å²) in [7, 11) is 0. The summed E-state index contributed by atoms with van der Waals surface area (Å²) in [5.41, 5.74) is 2.30. The van der Waals surface area contributed by atoms with E-state index >= 15 is 0 Å². The van der Waals surface area contributed by atoms with Gasteiger partial charge >= 0.3 is 0 Å². The van der Waals surface area contributed by atoms with Crippen LogP contribution in [0.2, 0.25) is 0 Å². The molecule has 0 saturated heterocycles. The summed E-state index contributed by atoms with van der Waals surface area (Å²) >= 11 is 3.35. The Bertz CT molecular complexity index is 784. The predicted molar refractivity (Wildman–Crippen MR) is 91.9 cm³/mol. The summed E-state index contributed by atoms with van der Waals surface area (Å²) in [6.07, 6.45) is 3.63. The predicted octanol–water partition coefficient (Wildman–Crippen LogP) is 3.14. The molecule has 1 aromatic carbocycles. The number of halogens is 1. The van der Waals surface area contributed by atoms with Crippen molar-refractivity contribution in [2.24, 2.45) is 0 Å². The van der Waals surface area contributed by atoms with Crippen LogP contribution >= 0.6 is 15.9 Å². The second-order valence-electron chi connectivity index (χ2n) is 4.94. The van der Waals surface area contributed by atoms with Gasteiger partial charge in [0.25, 0.3) is 5.91 Å². The minimum Gasteiger partial charge on any atom is -0.350 e. The van der Waals surface area contributed by atoms with Gasteiger partial charge in [-0.05, 0) is 42.5 Å². The van der Waals surface area contributed by atoms with E-state index < -0.39 is 0 Å². The van der Waals surface area contributed by atoms with Gasteiger partial charge in [0.2, 0.25) is 0 Å². The Hall–Kier alpha value is -2.47. The average molecular weight is 371 g/mol. The number of benzene rings is 1. The van der Waals surface area contributed by atoms with Crippen molar-refractivity contribution in [3.8, 4) is 11.4 Å². The fraction of sp³-hybridized carbons (Fsp3) is 0.118. The van der Waals surface area contributed by atoms with E-state index in [1.165, 1.54) is 0 Å². The molecule has 1 amide bonds. The van der Waals surface area contributed by atoms with Crippen LogP contribution in [0, 0.1) is 0 Å². The fourth-order valence-electron chi connectivity index (χ4n) is 2.12. The highest BCUT2D eigenvalue weighted by Gasteiger charge is 2.06. The van der Waals surface area contributed by atoms with Crippen LogP contribution in [0.4, 0.5) is 0 Å². The number of carbonyl (C=O) groups excluding carboxylic acids is 1. The van der Waals surface area contributed by atoms with Crippen LogP contribution in [0.25, 0.3) is 11.4 Å². The van der Waals surface area contributed by atoms with Crippen LogP contribution in [0.5, 0.6) is 0 Å². The van der Waals surface area contributed by atoms with Crippen molar-refractivity contribution in [3.63, 3.8) is 0 Å². The molecule has 0 saturated carbocycles. The van der Waals surface area contributed by atoms with Crippen molar-refractivity contribution < 1.29 is 4.79 Å². The Morgan fingerprint density at radius 3 is 2.65 bits per heavy atom. The van der Waals surface area contributed by atoms with Gasteiger partial charge in [0.1, 0.15) is 5.69 Å². The van der Waals surface area contributed by atoms with Gasteiger partial charge in [-0.2, -0.15) is 5.10 Å². The molecule has 2 aromatic heterocycles. The van der Waals surface area contributed by atoms with E-state index in [0.717, 1.165) is 15.9 Å². The van der Waals surface area contributed by atoms with E-state index in [-0.39, 0.29) is 5.91 Å². The summed E-state index contributed by atoms with van der Waals surface area (Å²) in [4.78, 5) is 16.3. The molecule has 23 heavy (non-hydrogen) atoms. The lowest BCUT2D eigenvalue weighted by molar-refractivity contribution is 0.0952. The van der Waals surface area contributed by atoms with Crippen LogP contribution in [0.3, 0.4) is 0 Å². The molecule has 0 aliphatic rings. The molecular weight excluding hydrogens is 356 g/mol. The number of nitrogens with one attached hydrogen (secondary N) is 1. The largest absolute Gasteiger partial charge is 0.350 e. The summed E-state index contributed by atoms with van der Waals surface area (Å²) in [6.45, 7) is 1.12. The molecule has 116 valence electrons. The first-order valence-electron chi connectivity index (χ1n) is 7.21. The summed E-state index contributed by atoms with van der Waals surface area (Å²) < 4.78 is 2.75. The van der Waals surface area contributed by atoms with E-state index in [4.69, 9.17) is 0 Å². The number of amides is 1. The second kappa shape index (κ2) is 7.19. The highest BCUT2D eigenvalue weighted by molar-refractivity contribution is 9.10. The molecule has 3 rings (SSSR count). The van der Waals surface area contributed by atoms with Gasteiger partial charge in [-0.3, -0.25) is 14.5 Å². The van der Waals surface area contributed by atoms with Gasteiger partial charge in [0.05, 0.1) is 12.2 Å². The van der Waals surface area contributed by atoms with Crippen molar-refractivity contribution in [2.45, 2.75) is 6.54 Å². The maximum Gasteiger partial charge on any atom is 0.251 e. The third kappa shape index (κ3) is 4.04. The summed E-state index contributed by atoms with van der Waals surface area (Å²) in [5, 5.41) is 7.34. The van der Waals surface area contributed by atoms with E-state index in [9.17, 15) is 4.79 Å². The number of aromatic nitrogens is 3. The molecule has 0 aliphatic heterocycles. The lowest BCUT2D eigenvalue weighted by atomic mass is 10.2. The number of nitrogens with zero attached hydrogens (tertiary/aromatic N) is 3. The van der Waals surface area contributed by atoms with Crippen LogP contribution in [0.1, 0.15) is 10.4 Å². The molecule has 2 heterocycles. The molecule has 0 aliphatic carbocycles. The van der Waals surface area contributed by atoms with Gasteiger partial charge in [-0.25, -0.2) is 0 Å². The van der Waals surface area contributed by atoms with Gasteiger partial charge in [0.15, 0.2) is 0 Å². The van der Waals surface area contributed by atoms with E-state index in [1.807, 2.05) is 42.6 Å². The molecule has 0 bridgehead atoms. The smallest absolute Gasteiger partial charge is 0.251 e. The Morgan fingerprint density at radius 1 is 1.09 bits per heavy atom. The Morgan fingerprint density at radius 2 is 1.91 bits per heavy atom. The fourth-order valence-corrected chi connectivity index (χ4v) is 2.39. The number of pyridine rings is 1. The highest BCUT2D eigenvalue weighted by atomic mass is 79.9. The van der Waals surface area contributed by atoms with Crippen molar-refractivity contribution in [2.75, 3.05) is 6.54 Å². The van der Waals surface area contributed by atoms with Crippen LogP contribution in [0.15, 0.2) is 65.4 Å². The second-order valence-corrected chi connectivity index (χ2v) is 5.86. The quantitative estimate of drug-likeness (QED) is 0.750. The van der Waals surface area contributed by atoms with Crippen molar-refractivity contribution in [1.82, 2.24) is 20.1 Å². The van der Waals surface area contributed by atoms with Gasteiger partial charge in [-0.15, -0.1) is 0 Å². The normalized spacial score (nSPS) is 10.5. The average Bonchev–Trinajstić information content (AvgIpc) is 3.05. The molecule has 0 unspecified atom stereocenters. The van der Waals surface area contributed by atoms with Crippen LogP contribution in [-0.4, -0.2) is 27.2 Å². The molecule has 0 radical (unpaired) electrons. The molecular formula is C17H15BrN4O. The van der Waals surface area contributed by atoms with E-state index in [0.29, 0.717) is 18.7 Å². The Kier molecular flexibility index (Phi) is 4.83. The first-order valence-corrected chi connectivity index (χ1v) is 8.00. The molecule has 6 heteroatoms. The maximum atomic E-state index is 12.0. The summed E-state index contributed by atoms with van der Waals surface area (Å²) in [6, 6.07) is 14.9. The zero-order chi connectivity index (χ0) is 16.1. The topological polar surface area (TPSA) is 59.8 Å². The molecule has 1 N–H and O–H groups in total. The highest BCUT2D eigenvalue weighted by Crippen LogP contribution is 2.12.